The molecule has 112 valence electrons. The van der Waals surface area contributed by atoms with Gasteiger partial charge in [0.15, 0.2) is 16.9 Å². The van der Waals surface area contributed by atoms with E-state index < -0.39 is 11.2 Å². The zero-order valence-corrected chi connectivity index (χ0v) is 12.0. The number of hydrogen-bond donors (Lipinski definition) is 1. The topological polar surface area (TPSA) is 81.8 Å². The second-order valence-corrected chi connectivity index (χ2v) is 4.56. The van der Waals surface area contributed by atoms with Crippen LogP contribution in [0.25, 0.3) is 22.4 Å². The first-order valence-corrected chi connectivity index (χ1v) is 6.48. The second kappa shape index (κ2) is 5.40. The molecular formula is C16H13NO5. The lowest BCUT2D eigenvalue weighted by atomic mass is 10.1. The largest absolute Gasteiger partial charge is 0.501 e. The Bertz CT molecular complexity index is 878. The van der Waals surface area contributed by atoms with Crippen molar-refractivity contribution >= 4 is 11.1 Å². The van der Waals surface area contributed by atoms with Crippen LogP contribution >= 0.6 is 0 Å². The fourth-order valence-corrected chi connectivity index (χ4v) is 2.15. The number of aromatic hydroxyl groups is 1. The Labute approximate surface area is 125 Å². The predicted octanol–water partition coefficient (Wildman–Crippen LogP) is 2.58. The average molecular weight is 299 g/mol. The number of aromatic nitrogens is 1. The van der Waals surface area contributed by atoms with Gasteiger partial charge in [0.2, 0.25) is 5.75 Å². The van der Waals surface area contributed by atoms with Crippen LogP contribution in [0.5, 0.6) is 17.2 Å². The third-order valence-electron chi connectivity index (χ3n) is 3.24. The third-order valence-corrected chi connectivity index (χ3v) is 3.24. The minimum absolute atomic E-state index is 0.0442. The summed E-state index contributed by atoms with van der Waals surface area (Å²) in [4.78, 5) is 16.1. The highest BCUT2D eigenvalue weighted by Crippen LogP contribution is 2.34. The molecule has 0 bridgehead atoms. The van der Waals surface area contributed by atoms with Gasteiger partial charge >= 0.3 is 0 Å². The van der Waals surface area contributed by atoms with Crippen molar-refractivity contribution < 1.29 is 19.0 Å². The summed E-state index contributed by atoms with van der Waals surface area (Å²) in [5.41, 5.74) is 0.260. The Morgan fingerprint density at radius 2 is 1.82 bits per heavy atom. The van der Waals surface area contributed by atoms with E-state index in [2.05, 4.69) is 4.98 Å². The van der Waals surface area contributed by atoms with Gasteiger partial charge in [0, 0.05) is 17.8 Å². The molecule has 3 rings (SSSR count). The van der Waals surface area contributed by atoms with E-state index in [0.29, 0.717) is 22.6 Å². The molecule has 0 spiro atoms. The molecular weight excluding hydrogens is 286 g/mol. The van der Waals surface area contributed by atoms with Gasteiger partial charge < -0.3 is 19.0 Å². The Morgan fingerprint density at radius 3 is 2.45 bits per heavy atom. The fraction of sp³-hybridized carbons (Fsp3) is 0.125. The van der Waals surface area contributed by atoms with Gasteiger partial charge in [-0.25, -0.2) is 4.98 Å². The first-order valence-electron chi connectivity index (χ1n) is 6.48. The van der Waals surface area contributed by atoms with Crippen LogP contribution in [0, 0.1) is 0 Å². The summed E-state index contributed by atoms with van der Waals surface area (Å²) >= 11 is 0. The van der Waals surface area contributed by atoms with E-state index >= 15 is 0 Å². The van der Waals surface area contributed by atoms with Crippen LogP contribution in [-0.2, 0) is 0 Å². The summed E-state index contributed by atoms with van der Waals surface area (Å²) in [6.45, 7) is 0. The van der Waals surface area contributed by atoms with Gasteiger partial charge in [-0.05, 0) is 24.3 Å². The van der Waals surface area contributed by atoms with Crippen LogP contribution < -0.4 is 14.9 Å². The molecule has 6 heteroatoms. The molecule has 0 fully saturated rings. The number of benzene rings is 1. The number of pyridine rings is 1. The minimum Gasteiger partial charge on any atom is -0.501 e. The Hall–Kier alpha value is -3.02. The van der Waals surface area contributed by atoms with Crippen molar-refractivity contribution in [1.82, 2.24) is 4.98 Å². The van der Waals surface area contributed by atoms with Gasteiger partial charge in [0.25, 0.3) is 5.43 Å². The van der Waals surface area contributed by atoms with Crippen molar-refractivity contribution in [1.29, 1.82) is 0 Å². The van der Waals surface area contributed by atoms with Crippen molar-refractivity contribution in [3.63, 3.8) is 0 Å². The number of methoxy groups -OCH3 is 2. The lowest BCUT2D eigenvalue weighted by Crippen LogP contribution is -2.04. The first kappa shape index (κ1) is 13.9. The van der Waals surface area contributed by atoms with Crippen LogP contribution in [-0.4, -0.2) is 24.3 Å². The summed E-state index contributed by atoms with van der Waals surface area (Å²) in [6, 6.07) is 8.23. The van der Waals surface area contributed by atoms with E-state index in [0.717, 1.165) is 0 Å². The van der Waals surface area contributed by atoms with E-state index in [-0.39, 0.29) is 11.3 Å². The highest BCUT2D eigenvalue weighted by Gasteiger charge is 2.17. The van der Waals surface area contributed by atoms with Gasteiger partial charge in [-0.15, -0.1) is 0 Å². The zero-order valence-electron chi connectivity index (χ0n) is 12.0. The SMILES string of the molecule is COc1cc(OC)cc(-c2oc3cccnc3c(=O)c2O)c1. The molecule has 0 aliphatic heterocycles. The maximum atomic E-state index is 12.2. The summed E-state index contributed by atoms with van der Waals surface area (Å²) in [5.74, 6) is 0.578. The van der Waals surface area contributed by atoms with E-state index in [4.69, 9.17) is 13.9 Å². The normalized spacial score (nSPS) is 10.6. The first-order chi connectivity index (χ1) is 10.6. The Morgan fingerprint density at radius 1 is 1.14 bits per heavy atom. The monoisotopic (exact) mass is 299 g/mol. The zero-order chi connectivity index (χ0) is 15.7. The maximum absolute atomic E-state index is 12.2. The molecule has 1 N–H and O–H groups in total. The Kier molecular flexibility index (Phi) is 3.42. The molecule has 2 aromatic heterocycles. The fourth-order valence-electron chi connectivity index (χ4n) is 2.15. The second-order valence-electron chi connectivity index (χ2n) is 4.56. The Balaban J connectivity index is 2.30. The lowest BCUT2D eigenvalue weighted by molar-refractivity contribution is 0.394. The van der Waals surface area contributed by atoms with Gasteiger partial charge in [-0.3, -0.25) is 4.79 Å². The predicted molar refractivity (Wildman–Crippen MR) is 80.5 cm³/mol. The third kappa shape index (κ3) is 2.24. The van der Waals surface area contributed by atoms with E-state index in [1.165, 1.54) is 20.4 Å². The molecule has 3 aromatic rings. The van der Waals surface area contributed by atoms with Gasteiger partial charge in [-0.1, -0.05) is 0 Å². The highest BCUT2D eigenvalue weighted by molar-refractivity contribution is 5.79. The summed E-state index contributed by atoms with van der Waals surface area (Å²) in [6.07, 6.45) is 1.47. The van der Waals surface area contributed by atoms with Crippen molar-refractivity contribution in [2.75, 3.05) is 14.2 Å². The van der Waals surface area contributed by atoms with E-state index in [1.54, 1.807) is 30.3 Å². The van der Waals surface area contributed by atoms with Crippen molar-refractivity contribution in [3.8, 4) is 28.6 Å². The molecule has 0 saturated carbocycles. The molecule has 0 saturated heterocycles. The summed E-state index contributed by atoms with van der Waals surface area (Å²) < 4.78 is 16.0. The van der Waals surface area contributed by atoms with E-state index in [9.17, 15) is 9.90 Å². The van der Waals surface area contributed by atoms with Gasteiger partial charge in [0.1, 0.15) is 11.5 Å². The van der Waals surface area contributed by atoms with Crippen molar-refractivity contribution in [2.45, 2.75) is 0 Å². The van der Waals surface area contributed by atoms with Gasteiger partial charge in [-0.2, -0.15) is 0 Å². The number of nitrogens with zero attached hydrogens (tertiary/aromatic N) is 1. The smallest absolute Gasteiger partial charge is 0.253 e. The number of hydrogen-bond acceptors (Lipinski definition) is 6. The van der Waals surface area contributed by atoms with Crippen molar-refractivity contribution in [3.05, 3.63) is 46.8 Å². The van der Waals surface area contributed by atoms with Crippen molar-refractivity contribution in [2.24, 2.45) is 0 Å². The van der Waals surface area contributed by atoms with Gasteiger partial charge in [0.05, 0.1) is 14.2 Å². The minimum atomic E-state index is -0.585. The number of ether oxygens (including phenoxy) is 2. The molecule has 22 heavy (non-hydrogen) atoms. The number of fused-ring (bicyclic) bond motifs is 1. The molecule has 6 nitrogen and oxygen atoms in total. The molecule has 0 amide bonds. The lowest BCUT2D eigenvalue weighted by Gasteiger charge is -2.09. The molecule has 0 atom stereocenters. The van der Waals surface area contributed by atoms with Crippen LogP contribution in [0.1, 0.15) is 0 Å². The molecule has 0 radical (unpaired) electrons. The quantitative estimate of drug-likeness (QED) is 0.800. The highest BCUT2D eigenvalue weighted by atomic mass is 16.5. The number of rotatable bonds is 3. The summed E-state index contributed by atoms with van der Waals surface area (Å²) in [5, 5.41) is 10.1. The van der Waals surface area contributed by atoms with Crippen LogP contribution in [0.3, 0.4) is 0 Å². The van der Waals surface area contributed by atoms with E-state index in [1.807, 2.05) is 0 Å². The molecule has 2 heterocycles. The molecule has 0 unspecified atom stereocenters. The van der Waals surface area contributed by atoms with Crippen LogP contribution in [0.4, 0.5) is 0 Å². The standard InChI is InChI=1S/C16H13NO5/c1-20-10-6-9(7-11(8-10)21-2)16-15(19)14(18)13-12(22-16)4-3-5-17-13/h3-8,19H,1-2H3. The average Bonchev–Trinajstić information content (AvgIpc) is 2.57. The molecule has 0 aliphatic rings. The molecule has 0 aliphatic carbocycles. The van der Waals surface area contributed by atoms with Crippen LogP contribution in [0.2, 0.25) is 0 Å². The van der Waals surface area contributed by atoms with Crippen LogP contribution in [0.15, 0.2) is 45.7 Å². The summed E-state index contributed by atoms with van der Waals surface area (Å²) in [7, 11) is 3.03. The molecule has 1 aromatic carbocycles. The maximum Gasteiger partial charge on any atom is 0.253 e.